The molecule has 2 aliphatic rings. The summed E-state index contributed by atoms with van der Waals surface area (Å²) < 4.78 is 5.47. The molecule has 2 aliphatic heterocycles. The normalized spacial score (nSPS) is 23.6. The van der Waals surface area contributed by atoms with Gasteiger partial charge >= 0.3 is 0 Å². The lowest BCUT2D eigenvalue weighted by molar-refractivity contribution is 0.0284. The number of fused-ring (bicyclic) bond motifs is 2. The van der Waals surface area contributed by atoms with Crippen molar-refractivity contribution >= 4 is 16.6 Å². The summed E-state index contributed by atoms with van der Waals surface area (Å²) in [4.78, 5) is 4.54. The maximum absolute atomic E-state index is 11.8. The number of aromatic nitrogens is 2. The van der Waals surface area contributed by atoms with Crippen molar-refractivity contribution in [3.8, 4) is 0 Å². The van der Waals surface area contributed by atoms with E-state index in [-0.39, 0.29) is 0 Å². The summed E-state index contributed by atoms with van der Waals surface area (Å²) in [6.07, 6.45) is 1.80. The first-order chi connectivity index (χ1) is 13.1. The van der Waals surface area contributed by atoms with Crippen molar-refractivity contribution in [1.82, 2.24) is 15.1 Å². The van der Waals surface area contributed by atoms with Gasteiger partial charge in [-0.1, -0.05) is 12.1 Å². The molecule has 0 saturated carbocycles. The summed E-state index contributed by atoms with van der Waals surface area (Å²) in [5.74, 6) is 0. The van der Waals surface area contributed by atoms with E-state index in [0.717, 1.165) is 54.9 Å². The Hall–Kier alpha value is -2.41. The monoisotopic (exact) mass is 364 g/mol. The summed E-state index contributed by atoms with van der Waals surface area (Å²) in [6, 6.07) is 12.5. The Morgan fingerprint density at radius 1 is 1.15 bits per heavy atom. The minimum absolute atomic E-state index is 0.570. The van der Waals surface area contributed by atoms with Crippen LogP contribution in [-0.4, -0.2) is 60.1 Å². The number of benzene rings is 2. The zero-order chi connectivity index (χ0) is 18.4. The first kappa shape index (κ1) is 16.7. The lowest BCUT2D eigenvalue weighted by Gasteiger charge is -2.40. The predicted octanol–water partition coefficient (Wildman–Crippen LogP) is 2.08. The van der Waals surface area contributed by atoms with Crippen LogP contribution in [0.15, 0.2) is 42.6 Å². The number of aromatic amines is 1. The van der Waals surface area contributed by atoms with Gasteiger partial charge in [0.15, 0.2) is 0 Å². The van der Waals surface area contributed by atoms with E-state index in [2.05, 4.69) is 45.2 Å². The van der Waals surface area contributed by atoms with Crippen LogP contribution in [0.25, 0.3) is 10.9 Å². The molecule has 1 atom stereocenters. The van der Waals surface area contributed by atoms with Crippen LogP contribution in [-0.2, 0) is 16.9 Å². The van der Waals surface area contributed by atoms with E-state index in [4.69, 9.17) is 4.74 Å². The molecule has 2 aromatic carbocycles. The molecular weight excluding hydrogens is 340 g/mol. The van der Waals surface area contributed by atoms with E-state index in [0.29, 0.717) is 6.54 Å². The van der Waals surface area contributed by atoms with Gasteiger partial charge < -0.3 is 14.7 Å². The molecule has 1 unspecified atom stereocenters. The topological polar surface area (TPSA) is 64.6 Å². The highest BCUT2D eigenvalue weighted by molar-refractivity contribution is 5.79. The fraction of sp³-hybridized carbons (Fsp3) is 0.381. The molecule has 0 spiro atoms. The Morgan fingerprint density at radius 3 is 2.85 bits per heavy atom. The number of nitrogens with one attached hydrogen (secondary N) is 1. The Balaban J connectivity index is 1.58. The highest BCUT2D eigenvalue weighted by Crippen LogP contribution is 2.39. The molecule has 0 radical (unpaired) electrons. The van der Waals surface area contributed by atoms with Crippen molar-refractivity contribution in [1.29, 1.82) is 0 Å². The van der Waals surface area contributed by atoms with Crippen molar-refractivity contribution < 1.29 is 9.84 Å². The average Bonchev–Trinajstić information content (AvgIpc) is 3.16. The fourth-order valence-electron chi connectivity index (χ4n) is 4.40. The van der Waals surface area contributed by atoms with Crippen LogP contribution in [0.1, 0.15) is 16.7 Å². The minimum Gasteiger partial charge on any atom is -0.379 e. The van der Waals surface area contributed by atoms with E-state index < -0.39 is 5.60 Å². The molecule has 1 saturated heterocycles. The lowest BCUT2D eigenvalue weighted by atomic mass is 9.80. The van der Waals surface area contributed by atoms with E-state index in [1.807, 2.05) is 18.2 Å². The molecule has 1 aromatic heterocycles. The Labute approximate surface area is 158 Å². The highest BCUT2D eigenvalue weighted by atomic mass is 16.5. The number of rotatable bonds is 2. The van der Waals surface area contributed by atoms with Crippen LogP contribution in [0, 0.1) is 0 Å². The fourth-order valence-corrected chi connectivity index (χ4v) is 4.40. The second-order valence-corrected chi connectivity index (χ2v) is 7.65. The van der Waals surface area contributed by atoms with Crippen molar-refractivity contribution in [3.63, 3.8) is 0 Å². The molecule has 1 fully saturated rings. The van der Waals surface area contributed by atoms with Crippen molar-refractivity contribution in [2.24, 2.45) is 0 Å². The third kappa shape index (κ3) is 2.81. The molecule has 0 aliphatic carbocycles. The Kier molecular flexibility index (Phi) is 3.93. The summed E-state index contributed by atoms with van der Waals surface area (Å²) in [6.45, 7) is 4.77. The van der Waals surface area contributed by atoms with Gasteiger partial charge in [0.2, 0.25) is 0 Å². The molecule has 2 N–H and O–H groups in total. The molecular formula is C21H24N4O2. The second-order valence-electron chi connectivity index (χ2n) is 7.65. The molecule has 3 heterocycles. The van der Waals surface area contributed by atoms with Gasteiger partial charge in [0.05, 0.1) is 24.9 Å². The van der Waals surface area contributed by atoms with E-state index in [1.54, 1.807) is 6.20 Å². The van der Waals surface area contributed by atoms with Gasteiger partial charge in [0.25, 0.3) is 0 Å². The molecule has 0 amide bonds. The predicted molar refractivity (Wildman–Crippen MR) is 105 cm³/mol. The maximum atomic E-state index is 11.8. The Morgan fingerprint density at radius 2 is 2.00 bits per heavy atom. The van der Waals surface area contributed by atoms with Gasteiger partial charge in [-0.2, -0.15) is 5.10 Å². The van der Waals surface area contributed by atoms with E-state index in [9.17, 15) is 5.11 Å². The van der Waals surface area contributed by atoms with Crippen molar-refractivity contribution in [2.75, 3.05) is 44.8 Å². The van der Waals surface area contributed by atoms with Gasteiger partial charge in [0, 0.05) is 37.3 Å². The second kappa shape index (κ2) is 6.34. The SMILES string of the molecule is CN1Cc2cc(N3CCOCC3)ccc2C(O)(c2ccc3[nH]ncc3c2)C1. The van der Waals surface area contributed by atoms with Crippen LogP contribution < -0.4 is 4.90 Å². The summed E-state index contributed by atoms with van der Waals surface area (Å²) in [7, 11) is 2.06. The summed E-state index contributed by atoms with van der Waals surface area (Å²) in [5, 5.41) is 19.8. The third-order valence-corrected chi connectivity index (χ3v) is 5.77. The van der Waals surface area contributed by atoms with Gasteiger partial charge in [-0.3, -0.25) is 10.00 Å². The number of anilines is 1. The van der Waals surface area contributed by atoms with Crippen LogP contribution in [0.2, 0.25) is 0 Å². The van der Waals surface area contributed by atoms with Gasteiger partial charge in [-0.05, 0) is 48.0 Å². The zero-order valence-electron chi connectivity index (χ0n) is 15.5. The molecule has 140 valence electrons. The number of aliphatic hydroxyl groups is 1. The number of likely N-dealkylation sites (N-methyl/N-ethyl adjacent to an activating group) is 1. The highest BCUT2D eigenvalue weighted by Gasteiger charge is 2.38. The number of morpholine rings is 1. The number of ether oxygens (including phenoxy) is 1. The average molecular weight is 364 g/mol. The number of hydrogen-bond donors (Lipinski definition) is 2. The molecule has 0 bridgehead atoms. The number of hydrogen-bond acceptors (Lipinski definition) is 5. The molecule has 27 heavy (non-hydrogen) atoms. The summed E-state index contributed by atoms with van der Waals surface area (Å²) in [5.41, 5.74) is 4.25. The largest absolute Gasteiger partial charge is 0.379 e. The molecule has 6 heteroatoms. The Bertz CT molecular complexity index is 979. The summed E-state index contributed by atoms with van der Waals surface area (Å²) >= 11 is 0. The van der Waals surface area contributed by atoms with Gasteiger partial charge in [0.1, 0.15) is 5.60 Å². The van der Waals surface area contributed by atoms with Crippen LogP contribution >= 0.6 is 0 Å². The smallest absolute Gasteiger partial charge is 0.128 e. The number of H-pyrrole nitrogens is 1. The van der Waals surface area contributed by atoms with Crippen molar-refractivity contribution in [3.05, 3.63) is 59.3 Å². The van der Waals surface area contributed by atoms with Gasteiger partial charge in [-0.15, -0.1) is 0 Å². The number of β-amino-alcohol motifs (C(OH)–C–C–N with tert-alkyl or cyclic N) is 1. The standard InChI is InChI=1S/C21H24N4O2/c1-24-13-16-11-18(25-6-8-27-9-7-25)3-4-19(16)21(26,14-24)17-2-5-20-15(10-17)12-22-23-20/h2-5,10-12,26H,6-9,13-14H2,1H3,(H,22,23). The van der Waals surface area contributed by atoms with Crippen LogP contribution in [0.3, 0.4) is 0 Å². The molecule has 5 rings (SSSR count). The van der Waals surface area contributed by atoms with E-state index >= 15 is 0 Å². The quantitative estimate of drug-likeness (QED) is 0.729. The van der Waals surface area contributed by atoms with E-state index in [1.165, 1.54) is 11.3 Å². The van der Waals surface area contributed by atoms with Crippen LogP contribution in [0.4, 0.5) is 5.69 Å². The maximum Gasteiger partial charge on any atom is 0.128 e. The first-order valence-corrected chi connectivity index (χ1v) is 9.44. The third-order valence-electron chi connectivity index (χ3n) is 5.77. The van der Waals surface area contributed by atoms with Gasteiger partial charge in [-0.25, -0.2) is 0 Å². The zero-order valence-corrected chi connectivity index (χ0v) is 15.5. The van der Waals surface area contributed by atoms with Crippen LogP contribution in [0.5, 0.6) is 0 Å². The molecule has 6 nitrogen and oxygen atoms in total. The van der Waals surface area contributed by atoms with Crippen molar-refractivity contribution in [2.45, 2.75) is 12.1 Å². The number of nitrogens with zero attached hydrogens (tertiary/aromatic N) is 3. The first-order valence-electron chi connectivity index (χ1n) is 9.44. The minimum atomic E-state index is -1.03. The lowest BCUT2D eigenvalue weighted by Crippen LogP contribution is -2.45. The molecule has 3 aromatic rings.